The van der Waals surface area contributed by atoms with E-state index in [2.05, 4.69) is 0 Å². The third kappa shape index (κ3) is 5.12. The SMILES string of the molecule is COc1ccc(/C=C2\Oc3cc(OCC(=O)OCc4ccccc4)cc(C)c3C2=O)c(OC)c1OC. The summed E-state index contributed by atoms with van der Waals surface area (Å²) in [6, 6.07) is 16.1. The first-order valence-electron chi connectivity index (χ1n) is 11.1. The lowest BCUT2D eigenvalue weighted by molar-refractivity contribution is -0.147. The van der Waals surface area contributed by atoms with Crippen LogP contribution in [-0.4, -0.2) is 39.7 Å². The van der Waals surface area contributed by atoms with Gasteiger partial charge in [-0.15, -0.1) is 0 Å². The number of benzene rings is 3. The Morgan fingerprint density at radius 1 is 0.944 bits per heavy atom. The minimum absolute atomic E-state index is 0.123. The number of carbonyl (C=O) groups is 2. The second kappa shape index (κ2) is 10.9. The molecular weight excluding hydrogens is 464 g/mol. The van der Waals surface area contributed by atoms with E-state index >= 15 is 0 Å². The Kier molecular flexibility index (Phi) is 7.44. The zero-order chi connectivity index (χ0) is 25.7. The molecule has 36 heavy (non-hydrogen) atoms. The molecule has 0 amide bonds. The van der Waals surface area contributed by atoms with Crippen LogP contribution in [0.15, 0.2) is 60.4 Å². The van der Waals surface area contributed by atoms with Gasteiger partial charge in [0.2, 0.25) is 11.5 Å². The van der Waals surface area contributed by atoms with Crippen LogP contribution in [0.2, 0.25) is 0 Å². The van der Waals surface area contributed by atoms with E-state index in [-0.39, 0.29) is 24.8 Å². The van der Waals surface area contributed by atoms with Crippen molar-refractivity contribution in [1.82, 2.24) is 0 Å². The van der Waals surface area contributed by atoms with E-state index in [1.54, 1.807) is 37.3 Å². The number of ketones is 1. The second-order valence-corrected chi connectivity index (χ2v) is 7.91. The lowest BCUT2D eigenvalue weighted by Crippen LogP contribution is -2.14. The Hall–Kier alpha value is -4.46. The van der Waals surface area contributed by atoms with Gasteiger partial charge in [0, 0.05) is 11.6 Å². The van der Waals surface area contributed by atoms with Gasteiger partial charge in [0.15, 0.2) is 23.9 Å². The van der Waals surface area contributed by atoms with E-state index in [0.717, 1.165) is 5.56 Å². The summed E-state index contributed by atoms with van der Waals surface area (Å²) in [5.74, 6) is 1.40. The van der Waals surface area contributed by atoms with Gasteiger partial charge in [-0.05, 0) is 42.3 Å². The molecule has 186 valence electrons. The fourth-order valence-electron chi connectivity index (χ4n) is 3.86. The molecule has 1 aliphatic rings. The molecule has 3 aromatic rings. The van der Waals surface area contributed by atoms with Crippen molar-refractivity contribution in [2.75, 3.05) is 27.9 Å². The fourth-order valence-corrected chi connectivity index (χ4v) is 3.86. The lowest BCUT2D eigenvalue weighted by atomic mass is 10.0. The summed E-state index contributed by atoms with van der Waals surface area (Å²) in [5.41, 5.74) is 2.56. The van der Waals surface area contributed by atoms with E-state index in [1.807, 2.05) is 30.3 Å². The molecule has 0 radical (unpaired) electrons. The van der Waals surface area contributed by atoms with Gasteiger partial charge >= 0.3 is 5.97 Å². The molecule has 0 unspecified atom stereocenters. The molecule has 8 heteroatoms. The largest absolute Gasteiger partial charge is 0.493 e. The number of methoxy groups -OCH3 is 3. The molecule has 0 aliphatic carbocycles. The van der Waals surface area contributed by atoms with Gasteiger partial charge < -0.3 is 28.4 Å². The molecule has 4 rings (SSSR count). The lowest BCUT2D eigenvalue weighted by Gasteiger charge is -2.14. The minimum atomic E-state index is -0.505. The quantitative estimate of drug-likeness (QED) is 0.313. The molecule has 0 atom stereocenters. The zero-order valence-corrected chi connectivity index (χ0v) is 20.5. The van der Waals surface area contributed by atoms with Crippen LogP contribution in [0.1, 0.15) is 27.0 Å². The van der Waals surface area contributed by atoms with E-state index < -0.39 is 5.97 Å². The maximum Gasteiger partial charge on any atom is 0.344 e. The summed E-state index contributed by atoms with van der Waals surface area (Å²) in [6.07, 6.45) is 1.59. The number of esters is 1. The van der Waals surface area contributed by atoms with Crippen LogP contribution in [0, 0.1) is 6.92 Å². The Balaban J connectivity index is 1.49. The average molecular weight is 491 g/mol. The highest BCUT2D eigenvalue weighted by Crippen LogP contribution is 2.42. The highest BCUT2D eigenvalue weighted by atomic mass is 16.6. The Bertz CT molecular complexity index is 1310. The van der Waals surface area contributed by atoms with Crippen molar-refractivity contribution in [3.05, 3.63) is 82.6 Å². The predicted octanol–water partition coefficient (Wildman–Crippen LogP) is 4.76. The van der Waals surface area contributed by atoms with Crippen LogP contribution in [0.3, 0.4) is 0 Å². The average Bonchev–Trinajstić information content (AvgIpc) is 3.21. The molecule has 0 aromatic heterocycles. The standard InChI is InChI=1S/C28H26O8/c1-17-12-20(34-16-24(29)35-15-18-8-6-5-7-9-18)14-22-25(17)26(30)23(36-22)13-19-10-11-21(31-2)28(33-4)27(19)32-3/h5-14H,15-16H2,1-4H3/b23-13-. The zero-order valence-electron chi connectivity index (χ0n) is 20.5. The number of ether oxygens (including phenoxy) is 6. The van der Waals surface area contributed by atoms with Crippen molar-refractivity contribution in [2.24, 2.45) is 0 Å². The topological polar surface area (TPSA) is 89.5 Å². The van der Waals surface area contributed by atoms with Gasteiger partial charge in [0.25, 0.3) is 0 Å². The van der Waals surface area contributed by atoms with Crippen molar-refractivity contribution in [3.63, 3.8) is 0 Å². The van der Waals surface area contributed by atoms with Crippen molar-refractivity contribution in [1.29, 1.82) is 0 Å². The fraction of sp³-hybridized carbons (Fsp3) is 0.214. The maximum absolute atomic E-state index is 13.1. The Labute approximate surface area is 209 Å². The monoisotopic (exact) mass is 490 g/mol. The highest BCUT2D eigenvalue weighted by Gasteiger charge is 2.31. The van der Waals surface area contributed by atoms with Gasteiger partial charge in [-0.1, -0.05) is 30.3 Å². The van der Waals surface area contributed by atoms with E-state index in [0.29, 0.717) is 45.4 Å². The third-order valence-corrected chi connectivity index (χ3v) is 5.56. The van der Waals surface area contributed by atoms with Gasteiger partial charge in [-0.25, -0.2) is 4.79 Å². The molecule has 0 bridgehead atoms. The summed E-state index contributed by atoms with van der Waals surface area (Å²) in [6.45, 7) is 1.67. The van der Waals surface area contributed by atoms with Crippen LogP contribution in [0.25, 0.3) is 6.08 Å². The normalized spacial score (nSPS) is 13.1. The van der Waals surface area contributed by atoms with E-state index in [9.17, 15) is 9.59 Å². The molecule has 0 spiro atoms. The molecule has 8 nitrogen and oxygen atoms in total. The van der Waals surface area contributed by atoms with Crippen molar-refractivity contribution >= 4 is 17.8 Å². The number of aryl methyl sites for hydroxylation is 1. The highest BCUT2D eigenvalue weighted by molar-refractivity contribution is 6.15. The summed E-state index contributed by atoms with van der Waals surface area (Å²) in [7, 11) is 4.54. The number of hydrogen-bond acceptors (Lipinski definition) is 8. The van der Waals surface area contributed by atoms with Crippen molar-refractivity contribution in [3.8, 4) is 28.7 Å². The van der Waals surface area contributed by atoms with Crippen LogP contribution in [-0.2, 0) is 16.1 Å². The van der Waals surface area contributed by atoms with Crippen molar-refractivity contribution in [2.45, 2.75) is 13.5 Å². The number of fused-ring (bicyclic) bond motifs is 1. The summed E-state index contributed by atoms with van der Waals surface area (Å²) >= 11 is 0. The smallest absolute Gasteiger partial charge is 0.344 e. The minimum Gasteiger partial charge on any atom is -0.493 e. The summed E-state index contributed by atoms with van der Waals surface area (Å²) in [4.78, 5) is 25.2. The molecule has 3 aromatic carbocycles. The maximum atomic E-state index is 13.1. The molecule has 0 saturated carbocycles. The molecule has 1 aliphatic heterocycles. The molecule has 0 N–H and O–H groups in total. The first-order chi connectivity index (χ1) is 17.4. The van der Waals surface area contributed by atoms with Gasteiger partial charge in [0.05, 0.1) is 26.9 Å². The van der Waals surface area contributed by atoms with Gasteiger partial charge in [-0.3, -0.25) is 4.79 Å². The number of allylic oxidation sites excluding steroid dienone is 1. The van der Waals surface area contributed by atoms with Crippen LogP contribution < -0.4 is 23.7 Å². The second-order valence-electron chi connectivity index (χ2n) is 7.91. The number of Topliss-reactive ketones (excluding diaryl/α,β-unsaturated/α-hetero) is 1. The summed E-state index contributed by atoms with van der Waals surface area (Å²) < 4.78 is 32.9. The van der Waals surface area contributed by atoms with E-state index in [4.69, 9.17) is 28.4 Å². The van der Waals surface area contributed by atoms with E-state index in [1.165, 1.54) is 21.3 Å². The Morgan fingerprint density at radius 3 is 2.39 bits per heavy atom. The molecule has 0 fully saturated rings. The first-order valence-corrected chi connectivity index (χ1v) is 11.1. The van der Waals surface area contributed by atoms with Crippen LogP contribution in [0.4, 0.5) is 0 Å². The van der Waals surface area contributed by atoms with Gasteiger partial charge in [0.1, 0.15) is 18.1 Å². The first kappa shape index (κ1) is 24.7. The Morgan fingerprint density at radius 2 is 1.69 bits per heavy atom. The number of hydrogen-bond donors (Lipinski definition) is 0. The van der Waals surface area contributed by atoms with Crippen LogP contribution >= 0.6 is 0 Å². The predicted molar refractivity (Wildman–Crippen MR) is 132 cm³/mol. The van der Waals surface area contributed by atoms with Gasteiger partial charge in [-0.2, -0.15) is 0 Å². The molecule has 1 heterocycles. The van der Waals surface area contributed by atoms with Crippen molar-refractivity contribution < 1.29 is 38.0 Å². The molecule has 0 saturated heterocycles. The molecular formula is C28H26O8. The third-order valence-electron chi connectivity index (χ3n) is 5.56. The van der Waals surface area contributed by atoms with Crippen LogP contribution in [0.5, 0.6) is 28.7 Å². The number of carbonyl (C=O) groups excluding carboxylic acids is 2. The number of rotatable bonds is 9. The summed E-state index contributed by atoms with van der Waals surface area (Å²) in [5, 5.41) is 0.